The number of hydrogen-bond acceptors (Lipinski definition) is 4. The first-order chi connectivity index (χ1) is 9.33. The molecule has 1 atom stereocenters. The second-order valence-electron chi connectivity index (χ2n) is 4.53. The molecule has 2 aromatic rings. The summed E-state index contributed by atoms with van der Waals surface area (Å²) in [5.41, 5.74) is 1.71. The molecule has 3 rings (SSSR count). The summed E-state index contributed by atoms with van der Waals surface area (Å²) in [5.74, 6) is 0.0333. The van der Waals surface area contributed by atoms with Crippen LogP contribution in [0.15, 0.2) is 36.7 Å². The van der Waals surface area contributed by atoms with Crippen molar-refractivity contribution in [1.29, 1.82) is 0 Å². The topological polar surface area (TPSA) is 71.8 Å². The van der Waals surface area contributed by atoms with Crippen molar-refractivity contribution in [1.82, 2.24) is 20.3 Å². The Bertz CT molecular complexity index is 549. The first-order valence-electron chi connectivity index (χ1n) is 6.34. The minimum Gasteiger partial charge on any atom is -0.325 e. The minimum absolute atomic E-state index is 0. The van der Waals surface area contributed by atoms with Gasteiger partial charge in [-0.05, 0) is 43.7 Å². The molecule has 2 N–H and O–H groups in total. The van der Waals surface area contributed by atoms with E-state index in [2.05, 4.69) is 20.9 Å². The highest BCUT2D eigenvalue weighted by molar-refractivity contribution is 5.95. The highest BCUT2D eigenvalue weighted by atomic mass is 35.5. The third kappa shape index (κ3) is 3.15. The maximum Gasteiger partial charge on any atom is 0.241 e. The Morgan fingerprint density at radius 3 is 2.75 bits per heavy atom. The number of hydrogen-bond donors (Lipinski definition) is 2. The molecule has 1 aromatic heterocycles. The molecule has 20 heavy (non-hydrogen) atoms. The number of anilines is 1. The van der Waals surface area contributed by atoms with Crippen LogP contribution in [0, 0.1) is 0 Å². The van der Waals surface area contributed by atoms with Gasteiger partial charge in [-0.25, -0.2) is 4.68 Å². The zero-order valence-corrected chi connectivity index (χ0v) is 11.6. The fraction of sp³-hybridized carbons (Fsp3) is 0.308. The lowest BCUT2D eigenvalue weighted by Crippen LogP contribution is -2.35. The number of carbonyl (C=O) groups excluding carboxylic acids is 1. The molecule has 1 aliphatic rings. The van der Waals surface area contributed by atoms with Crippen LogP contribution >= 0.6 is 12.4 Å². The van der Waals surface area contributed by atoms with Crippen LogP contribution in [-0.2, 0) is 4.79 Å². The Labute approximate surface area is 123 Å². The monoisotopic (exact) mass is 293 g/mol. The van der Waals surface area contributed by atoms with Gasteiger partial charge in [0.1, 0.15) is 0 Å². The average molecular weight is 294 g/mol. The first-order valence-corrected chi connectivity index (χ1v) is 6.34. The van der Waals surface area contributed by atoms with Crippen LogP contribution in [0.1, 0.15) is 12.8 Å². The highest BCUT2D eigenvalue weighted by Crippen LogP contribution is 2.14. The van der Waals surface area contributed by atoms with Crippen LogP contribution in [0.5, 0.6) is 0 Å². The van der Waals surface area contributed by atoms with Gasteiger partial charge in [0.2, 0.25) is 5.91 Å². The zero-order chi connectivity index (χ0) is 13.1. The van der Waals surface area contributed by atoms with Gasteiger partial charge in [-0.3, -0.25) is 4.79 Å². The van der Waals surface area contributed by atoms with Crippen LogP contribution in [0.2, 0.25) is 0 Å². The molecule has 106 valence electrons. The van der Waals surface area contributed by atoms with Gasteiger partial charge in [-0.15, -0.1) is 17.5 Å². The molecule has 6 nitrogen and oxygen atoms in total. The lowest BCUT2D eigenvalue weighted by Gasteiger charge is -2.11. The predicted molar refractivity (Wildman–Crippen MR) is 78.3 cm³/mol. The Morgan fingerprint density at radius 2 is 2.15 bits per heavy atom. The second-order valence-corrected chi connectivity index (χ2v) is 4.53. The van der Waals surface area contributed by atoms with Gasteiger partial charge in [0, 0.05) is 5.69 Å². The van der Waals surface area contributed by atoms with E-state index in [4.69, 9.17) is 0 Å². The van der Waals surface area contributed by atoms with E-state index in [9.17, 15) is 4.79 Å². The largest absolute Gasteiger partial charge is 0.325 e. The number of halogens is 1. The number of aromatic nitrogens is 3. The van der Waals surface area contributed by atoms with Crippen LogP contribution in [0.4, 0.5) is 5.69 Å². The van der Waals surface area contributed by atoms with Gasteiger partial charge < -0.3 is 10.6 Å². The van der Waals surface area contributed by atoms with Gasteiger partial charge >= 0.3 is 0 Å². The smallest absolute Gasteiger partial charge is 0.241 e. The molecule has 0 radical (unpaired) electrons. The Balaban J connectivity index is 0.00000147. The molecule has 1 fully saturated rings. The molecule has 0 spiro atoms. The van der Waals surface area contributed by atoms with E-state index in [0.29, 0.717) is 0 Å². The second kappa shape index (κ2) is 6.49. The molecule has 1 unspecified atom stereocenters. The predicted octanol–water partition coefficient (Wildman–Crippen LogP) is 1.38. The number of rotatable bonds is 3. The van der Waals surface area contributed by atoms with Crippen LogP contribution in [0.3, 0.4) is 0 Å². The van der Waals surface area contributed by atoms with E-state index in [1.54, 1.807) is 17.1 Å². The standard InChI is InChI=1S/C13H15N5O.ClH/c19-13(12-2-1-7-14-12)16-10-3-5-11(6-4-10)18-9-8-15-17-18;/h3-6,8-9,12,14H,1-2,7H2,(H,16,19);1H. The first kappa shape index (κ1) is 14.5. The highest BCUT2D eigenvalue weighted by Gasteiger charge is 2.21. The van der Waals surface area contributed by atoms with Crippen LogP contribution in [-0.4, -0.2) is 33.5 Å². The van der Waals surface area contributed by atoms with Gasteiger partial charge in [-0.1, -0.05) is 5.21 Å². The number of benzene rings is 1. The molecule has 1 aliphatic heterocycles. The van der Waals surface area contributed by atoms with Crippen molar-refractivity contribution in [3.63, 3.8) is 0 Å². The molecule has 0 saturated carbocycles. The number of nitrogens with one attached hydrogen (secondary N) is 2. The molecule has 7 heteroatoms. The van der Waals surface area contributed by atoms with Crippen LogP contribution < -0.4 is 10.6 Å². The summed E-state index contributed by atoms with van der Waals surface area (Å²) in [5, 5.41) is 13.8. The fourth-order valence-electron chi connectivity index (χ4n) is 2.18. The maximum absolute atomic E-state index is 11.9. The zero-order valence-electron chi connectivity index (χ0n) is 10.8. The Morgan fingerprint density at radius 1 is 1.35 bits per heavy atom. The summed E-state index contributed by atoms with van der Waals surface area (Å²) in [4.78, 5) is 11.9. The summed E-state index contributed by atoms with van der Waals surface area (Å²) in [6, 6.07) is 7.46. The lowest BCUT2D eigenvalue weighted by molar-refractivity contribution is -0.117. The van der Waals surface area contributed by atoms with Gasteiger partial charge in [0.25, 0.3) is 0 Å². The van der Waals surface area contributed by atoms with Crippen molar-refractivity contribution in [2.24, 2.45) is 0 Å². The van der Waals surface area contributed by atoms with Crippen molar-refractivity contribution in [2.75, 3.05) is 11.9 Å². The summed E-state index contributed by atoms with van der Waals surface area (Å²) in [7, 11) is 0. The van der Waals surface area contributed by atoms with Crippen molar-refractivity contribution in [2.45, 2.75) is 18.9 Å². The summed E-state index contributed by atoms with van der Waals surface area (Å²) in [6.07, 6.45) is 5.36. The number of nitrogens with zero attached hydrogens (tertiary/aromatic N) is 3. The summed E-state index contributed by atoms with van der Waals surface area (Å²) in [6.45, 7) is 0.920. The molecule has 1 saturated heterocycles. The van der Waals surface area contributed by atoms with Crippen molar-refractivity contribution in [3.8, 4) is 5.69 Å². The Hall–Kier alpha value is -1.92. The van der Waals surface area contributed by atoms with Crippen molar-refractivity contribution >= 4 is 24.0 Å². The molecular formula is C13H16ClN5O. The molecule has 1 aromatic carbocycles. The summed E-state index contributed by atoms with van der Waals surface area (Å²) < 4.78 is 1.67. The van der Waals surface area contributed by atoms with E-state index in [1.165, 1.54) is 0 Å². The minimum atomic E-state index is -0.0602. The van der Waals surface area contributed by atoms with E-state index in [-0.39, 0.29) is 24.4 Å². The molecule has 2 heterocycles. The molecule has 0 bridgehead atoms. The molecular weight excluding hydrogens is 278 g/mol. The van der Waals surface area contributed by atoms with Gasteiger partial charge in [0.05, 0.1) is 24.1 Å². The SMILES string of the molecule is Cl.O=C(Nc1ccc(-n2ccnn2)cc1)C1CCCN1. The van der Waals surface area contributed by atoms with E-state index >= 15 is 0 Å². The Kier molecular flexibility index (Phi) is 4.70. The van der Waals surface area contributed by atoms with E-state index in [0.717, 1.165) is 30.8 Å². The average Bonchev–Trinajstić information content (AvgIpc) is 3.13. The third-order valence-electron chi connectivity index (χ3n) is 3.20. The van der Waals surface area contributed by atoms with Crippen molar-refractivity contribution in [3.05, 3.63) is 36.7 Å². The van der Waals surface area contributed by atoms with Crippen LogP contribution in [0.25, 0.3) is 5.69 Å². The van der Waals surface area contributed by atoms with E-state index in [1.807, 2.05) is 24.3 Å². The normalized spacial score (nSPS) is 17.5. The summed E-state index contributed by atoms with van der Waals surface area (Å²) >= 11 is 0. The quantitative estimate of drug-likeness (QED) is 0.897. The lowest BCUT2D eigenvalue weighted by atomic mass is 10.2. The molecule has 1 amide bonds. The van der Waals surface area contributed by atoms with Gasteiger partial charge in [-0.2, -0.15) is 0 Å². The third-order valence-corrected chi connectivity index (χ3v) is 3.20. The number of carbonyl (C=O) groups is 1. The van der Waals surface area contributed by atoms with E-state index < -0.39 is 0 Å². The van der Waals surface area contributed by atoms with Gasteiger partial charge in [0.15, 0.2) is 0 Å². The van der Waals surface area contributed by atoms with Crippen molar-refractivity contribution < 1.29 is 4.79 Å². The number of amides is 1. The maximum atomic E-state index is 11.9. The molecule has 0 aliphatic carbocycles. The fourth-order valence-corrected chi connectivity index (χ4v) is 2.18.